The molecule has 0 aliphatic heterocycles. The summed E-state index contributed by atoms with van der Waals surface area (Å²) in [4.78, 5) is 15.4. The molecule has 0 saturated heterocycles. The molecule has 5 nitrogen and oxygen atoms in total. The van der Waals surface area contributed by atoms with Crippen molar-refractivity contribution >= 4 is 81.7 Å². The Morgan fingerprint density at radius 1 is 0.385 bits per heavy atom. The predicted octanol–water partition coefficient (Wildman–Crippen LogP) is 11.8. The smallest absolute Gasteiger partial charge is 0.137 e. The van der Waals surface area contributed by atoms with Gasteiger partial charge in [0.15, 0.2) is 0 Å². The van der Waals surface area contributed by atoms with E-state index < -0.39 is 0 Å². The second kappa shape index (κ2) is 10.2. The van der Waals surface area contributed by atoms with E-state index in [1.807, 2.05) is 48.7 Å². The Balaban J connectivity index is 1.14. The highest BCUT2D eigenvalue weighted by atomic mass is 15.1. The molecular formula is C47H27N5. The lowest BCUT2D eigenvalue weighted by atomic mass is 10.0. The lowest BCUT2D eigenvalue weighted by Crippen LogP contribution is -1.99. The quantitative estimate of drug-likeness (QED) is 0.189. The minimum atomic E-state index is 0.817. The third-order valence-electron chi connectivity index (χ3n) is 10.9. The van der Waals surface area contributed by atoms with Crippen molar-refractivity contribution in [2.24, 2.45) is 0 Å². The first-order chi connectivity index (χ1) is 25.8. The molecule has 0 radical (unpaired) electrons. The first-order valence-corrected chi connectivity index (χ1v) is 17.6. The van der Waals surface area contributed by atoms with Gasteiger partial charge in [0.2, 0.25) is 0 Å². The number of fused-ring (bicyclic) bond motifs is 8. The number of hydrogen-bond acceptors (Lipinski definition) is 3. The number of para-hydroxylation sites is 3. The zero-order valence-electron chi connectivity index (χ0n) is 27.8. The van der Waals surface area contributed by atoms with Gasteiger partial charge in [0.1, 0.15) is 5.82 Å². The highest BCUT2D eigenvalue weighted by Gasteiger charge is 2.23. The third-order valence-corrected chi connectivity index (χ3v) is 10.9. The van der Waals surface area contributed by atoms with Crippen molar-refractivity contribution in [3.63, 3.8) is 0 Å². The maximum absolute atomic E-state index is 5.16. The van der Waals surface area contributed by atoms with Gasteiger partial charge >= 0.3 is 0 Å². The van der Waals surface area contributed by atoms with Crippen LogP contribution in [0.1, 0.15) is 0 Å². The van der Waals surface area contributed by atoms with Crippen LogP contribution in [0.15, 0.2) is 164 Å². The average Bonchev–Trinajstić information content (AvgIpc) is 3.70. The van der Waals surface area contributed by atoms with Gasteiger partial charge in [-0.1, -0.05) is 109 Å². The summed E-state index contributed by atoms with van der Waals surface area (Å²) in [6.07, 6.45) is 1.95. The van der Waals surface area contributed by atoms with Gasteiger partial charge in [-0.15, -0.1) is 0 Å². The molecule has 5 heterocycles. The third kappa shape index (κ3) is 3.64. The van der Waals surface area contributed by atoms with E-state index in [0.717, 1.165) is 50.4 Å². The highest BCUT2D eigenvalue weighted by Crippen LogP contribution is 2.45. The normalized spacial score (nSPS) is 12.2. The molecule has 0 aliphatic carbocycles. The van der Waals surface area contributed by atoms with E-state index >= 15 is 0 Å². The topological polar surface area (TPSA) is 48.0 Å². The lowest BCUT2D eigenvalue weighted by molar-refractivity contribution is 1.08. The van der Waals surface area contributed by atoms with Gasteiger partial charge in [0, 0.05) is 44.3 Å². The molecule has 52 heavy (non-hydrogen) atoms. The summed E-state index contributed by atoms with van der Waals surface area (Å²) < 4.78 is 4.82. The first-order valence-electron chi connectivity index (χ1n) is 17.6. The molecule has 0 atom stereocenters. The van der Waals surface area contributed by atoms with Crippen LogP contribution >= 0.6 is 0 Å². The Morgan fingerprint density at radius 3 is 1.85 bits per heavy atom. The maximum Gasteiger partial charge on any atom is 0.137 e. The SMILES string of the molecule is c1ccc(-c2nc3ccccc3nc2-c2ccc(-n3c4cccc5c6cccc7c8c9ccccc9ccc8n(c8cccc3c8c54)c67)nc2)cc1. The van der Waals surface area contributed by atoms with E-state index in [0.29, 0.717) is 0 Å². The molecule has 5 aromatic heterocycles. The van der Waals surface area contributed by atoms with Crippen LogP contribution in [-0.4, -0.2) is 23.9 Å². The Labute approximate surface area is 297 Å². The monoisotopic (exact) mass is 661 g/mol. The number of benzene rings is 7. The van der Waals surface area contributed by atoms with Crippen LogP contribution in [0.2, 0.25) is 0 Å². The Bertz CT molecular complexity index is 3390. The molecule has 240 valence electrons. The summed E-state index contributed by atoms with van der Waals surface area (Å²) in [5.41, 5.74) is 11.3. The summed E-state index contributed by atoms with van der Waals surface area (Å²) in [5, 5.41) is 10.1. The number of hydrogen-bond donors (Lipinski definition) is 0. The molecule has 0 N–H and O–H groups in total. The summed E-state index contributed by atoms with van der Waals surface area (Å²) in [6, 6.07) is 56.0. The molecule has 0 amide bonds. The van der Waals surface area contributed by atoms with E-state index in [9.17, 15) is 0 Å². The largest absolute Gasteiger partial charge is 0.308 e. The molecule has 12 aromatic rings. The van der Waals surface area contributed by atoms with Gasteiger partial charge in [0.25, 0.3) is 0 Å². The minimum Gasteiger partial charge on any atom is -0.308 e. The number of rotatable bonds is 3. The molecule has 12 rings (SSSR count). The molecule has 0 fully saturated rings. The fraction of sp³-hybridized carbons (Fsp3) is 0. The van der Waals surface area contributed by atoms with Crippen LogP contribution in [-0.2, 0) is 0 Å². The molecule has 5 heteroatoms. The Morgan fingerprint density at radius 2 is 1.02 bits per heavy atom. The van der Waals surface area contributed by atoms with Crippen molar-refractivity contribution in [3.8, 4) is 28.3 Å². The van der Waals surface area contributed by atoms with Crippen LogP contribution in [0.5, 0.6) is 0 Å². The van der Waals surface area contributed by atoms with Gasteiger partial charge in [-0.2, -0.15) is 0 Å². The number of aromatic nitrogens is 5. The molecule has 0 bridgehead atoms. The zero-order valence-corrected chi connectivity index (χ0v) is 27.8. The summed E-state index contributed by atoms with van der Waals surface area (Å²) in [7, 11) is 0. The maximum atomic E-state index is 5.16. The van der Waals surface area contributed by atoms with E-state index in [2.05, 4.69) is 124 Å². The standard InChI is InChI=1S/C47H27N5/c1-2-12-29(13-3-1)45-46(50-36-19-7-6-18-35(36)49-45)30-24-26-41(48-27-30)51-37-20-9-15-32-33-16-8-17-34-42-31-14-5-4-11-28(31)23-25-40(42)52(47(33)34)39-22-10-21-38(51)44(39)43(32)37/h1-27H. The minimum absolute atomic E-state index is 0.817. The van der Waals surface area contributed by atoms with Gasteiger partial charge in [0.05, 0.1) is 50.0 Å². The Hall–Kier alpha value is -7.11. The van der Waals surface area contributed by atoms with Crippen LogP contribution < -0.4 is 0 Å². The van der Waals surface area contributed by atoms with Crippen LogP contribution in [0.3, 0.4) is 0 Å². The van der Waals surface area contributed by atoms with Gasteiger partial charge in [-0.05, 0) is 64.7 Å². The first kappa shape index (κ1) is 27.7. The molecule has 0 spiro atoms. The van der Waals surface area contributed by atoms with Crippen LogP contribution in [0, 0.1) is 0 Å². The molecule has 7 aromatic carbocycles. The summed E-state index contributed by atoms with van der Waals surface area (Å²) in [5.74, 6) is 0.857. The van der Waals surface area contributed by atoms with E-state index in [4.69, 9.17) is 15.0 Å². The van der Waals surface area contributed by atoms with Crippen molar-refractivity contribution in [2.75, 3.05) is 0 Å². The second-order valence-electron chi connectivity index (χ2n) is 13.6. The van der Waals surface area contributed by atoms with Crippen molar-refractivity contribution in [3.05, 3.63) is 164 Å². The molecule has 0 saturated carbocycles. The zero-order chi connectivity index (χ0) is 33.9. The van der Waals surface area contributed by atoms with Crippen LogP contribution in [0.25, 0.3) is 110 Å². The fourth-order valence-corrected chi connectivity index (χ4v) is 8.71. The molecule has 0 aliphatic rings. The molecular weight excluding hydrogens is 635 g/mol. The van der Waals surface area contributed by atoms with Crippen molar-refractivity contribution in [2.45, 2.75) is 0 Å². The van der Waals surface area contributed by atoms with Gasteiger partial charge in [-0.25, -0.2) is 15.0 Å². The summed E-state index contributed by atoms with van der Waals surface area (Å²) in [6.45, 7) is 0. The number of nitrogens with zero attached hydrogens (tertiary/aromatic N) is 5. The lowest BCUT2D eigenvalue weighted by Gasteiger charge is -2.12. The van der Waals surface area contributed by atoms with E-state index in [1.165, 1.54) is 59.6 Å². The van der Waals surface area contributed by atoms with Crippen LogP contribution in [0.4, 0.5) is 0 Å². The van der Waals surface area contributed by atoms with E-state index in [-0.39, 0.29) is 0 Å². The van der Waals surface area contributed by atoms with Gasteiger partial charge in [-0.3, -0.25) is 4.57 Å². The average molecular weight is 662 g/mol. The Kier molecular flexibility index (Phi) is 5.44. The second-order valence-corrected chi connectivity index (χ2v) is 13.6. The van der Waals surface area contributed by atoms with Gasteiger partial charge < -0.3 is 4.40 Å². The number of pyridine rings is 1. The van der Waals surface area contributed by atoms with Crippen molar-refractivity contribution < 1.29 is 0 Å². The van der Waals surface area contributed by atoms with E-state index in [1.54, 1.807) is 0 Å². The predicted molar refractivity (Wildman–Crippen MR) is 215 cm³/mol. The highest BCUT2D eigenvalue weighted by molar-refractivity contribution is 6.33. The van der Waals surface area contributed by atoms with Crippen molar-refractivity contribution in [1.29, 1.82) is 0 Å². The summed E-state index contributed by atoms with van der Waals surface area (Å²) >= 11 is 0. The molecule has 0 unspecified atom stereocenters. The van der Waals surface area contributed by atoms with Crippen molar-refractivity contribution in [1.82, 2.24) is 23.9 Å². The fourth-order valence-electron chi connectivity index (χ4n) is 8.71.